The largest absolute Gasteiger partial charge is 0.433 e. The Morgan fingerprint density at radius 1 is 1.25 bits per heavy atom. The van der Waals surface area contributed by atoms with Gasteiger partial charge in [-0.2, -0.15) is 8.78 Å². The molecule has 0 aromatic heterocycles. The zero-order valence-electron chi connectivity index (χ0n) is 18.6. The van der Waals surface area contributed by atoms with Crippen LogP contribution >= 0.6 is 24.0 Å². The summed E-state index contributed by atoms with van der Waals surface area (Å²) in [4.78, 5) is 6.36. The van der Waals surface area contributed by atoms with Crippen LogP contribution in [0.3, 0.4) is 0 Å². The van der Waals surface area contributed by atoms with Crippen molar-refractivity contribution < 1.29 is 23.0 Å². The summed E-state index contributed by atoms with van der Waals surface area (Å²) < 4.78 is 41.2. The highest BCUT2D eigenvalue weighted by Crippen LogP contribution is 2.31. The molecule has 10 heteroatoms. The lowest BCUT2D eigenvalue weighted by Crippen LogP contribution is -2.45. The van der Waals surface area contributed by atoms with Crippen LogP contribution in [0.2, 0.25) is 0 Å². The molecule has 182 valence electrons. The van der Waals surface area contributed by atoms with Gasteiger partial charge in [0.05, 0.1) is 5.69 Å². The first kappa shape index (κ1) is 26.8. The van der Waals surface area contributed by atoms with Gasteiger partial charge in [0.2, 0.25) is 0 Å². The number of guanidine groups is 1. The zero-order chi connectivity index (χ0) is 21.9. The Balaban J connectivity index is 0.00000363. The van der Waals surface area contributed by atoms with E-state index < -0.39 is 6.61 Å². The molecule has 2 fully saturated rings. The third-order valence-corrected chi connectivity index (χ3v) is 5.63. The predicted octanol–water partition coefficient (Wildman–Crippen LogP) is 3.48. The Hall–Kier alpha value is -1.40. The molecular formula is C22H35F2IN4O3. The van der Waals surface area contributed by atoms with E-state index in [4.69, 9.17) is 9.47 Å². The first-order valence-corrected chi connectivity index (χ1v) is 11.1. The molecule has 7 nitrogen and oxygen atoms in total. The monoisotopic (exact) mass is 568 g/mol. The van der Waals surface area contributed by atoms with Crippen LogP contribution in [-0.2, 0) is 9.47 Å². The Bertz CT molecular complexity index is 693. The Morgan fingerprint density at radius 3 is 2.78 bits per heavy atom. The van der Waals surface area contributed by atoms with Gasteiger partial charge in [0.1, 0.15) is 5.75 Å². The number of hydrogen-bond acceptors (Lipinski definition) is 5. The van der Waals surface area contributed by atoms with Gasteiger partial charge >= 0.3 is 6.61 Å². The van der Waals surface area contributed by atoms with Crippen LogP contribution in [0.1, 0.15) is 25.7 Å². The summed E-state index contributed by atoms with van der Waals surface area (Å²) in [7, 11) is 1.75. The molecule has 0 saturated carbocycles. The second-order valence-electron chi connectivity index (χ2n) is 7.91. The average molecular weight is 568 g/mol. The highest BCUT2D eigenvalue weighted by Gasteiger charge is 2.26. The minimum atomic E-state index is -2.83. The van der Waals surface area contributed by atoms with E-state index in [9.17, 15) is 8.78 Å². The standard InChI is InChI=1S/C22H34F2N4O3.HI/c1-25-22(26-10-4-12-30-16-17-8-13-29-14-9-17)27-18-7-11-28(15-18)19-5-2-3-6-20(19)31-21(23)24;/h2-3,5-6,17-18,21H,4,7-16H2,1H3,(H2,25,26,27);1H. The predicted molar refractivity (Wildman–Crippen MR) is 133 cm³/mol. The third-order valence-electron chi connectivity index (χ3n) is 5.63. The molecule has 1 atom stereocenters. The first-order chi connectivity index (χ1) is 15.2. The van der Waals surface area contributed by atoms with E-state index in [1.54, 1.807) is 19.2 Å². The molecule has 2 heterocycles. The maximum Gasteiger partial charge on any atom is 0.387 e. The fraction of sp³-hybridized carbons (Fsp3) is 0.682. The highest BCUT2D eigenvalue weighted by molar-refractivity contribution is 14.0. The number of nitrogens with one attached hydrogen (secondary N) is 2. The number of aliphatic imine (C=N–C) groups is 1. The lowest BCUT2D eigenvalue weighted by atomic mass is 10.0. The molecule has 0 spiro atoms. The van der Waals surface area contributed by atoms with Gasteiger partial charge in [-0.05, 0) is 43.7 Å². The second kappa shape index (κ2) is 14.7. The van der Waals surface area contributed by atoms with Gasteiger partial charge < -0.3 is 29.7 Å². The van der Waals surface area contributed by atoms with Gasteiger partial charge in [0.25, 0.3) is 0 Å². The summed E-state index contributed by atoms with van der Waals surface area (Å²) in [5.41, 5.74) is 0.691. The summed E-state index contributed by atoms with van der Waals surface area (Å²) in [5, 5.41) is 6.75. The molecule has 0 bridgehead atoms. The molecule has 1 unspecified atom stereocenters. The van der Waals surface area contributed by atoms with Crippen molar-refractivity contribution in [2.45, 2.75) is 38.3 Å². The van der Waals surface area contributed by atoms with Gasteiger partial charge in [-0.1, -0.05) is 12.1 Å². The summed E-state index contributed by atoms with van der Waals surface area (Å²) in [5.74, 6) is 1.58. The van der Waals surface area contributed by atoms with Gasteiger partial charge in [-0.15, -0.1) is 24.0 Å². The van der Waals surface area contributed by atoms with Gasteiger partial charge in [0, 0.05) is 59.2 Å². The molecule has 3 rings (SSSR count). The minimum Gasteiger partial charge on any atom is -0.433 e. The van der Waals surface area contributed by atoms with Crippen LogP contribution in [0, 0.1) is 5.92 Å². The van der Waals surface area contributed by atoms with Crippen molar-refractivity contribution in [1.82, 2.24) is 10.6 Å². The van der Waals surface area contributed by atoms with Crippen molar-refractivity contribution >= 4 is 35.6 Å². The number of para-hydroxylation sites is 2. The van der Waals surface area contributed by atoms with Gasteiger partial charge in [0.15, 0.2) is 5.96 Å². The highest BCUT2D eigenvalue weighted by atomic mass is 127. The molecule has 2 saturated heterocycles. The SMILES string of the molecule is CN=C(NCCCOCC1CCOCC1)NC1CCN(c2ccccc2OC(F)F)C1.I. The minimum absolute atomic E-state index is 0. The Kier molecular flexibility index (Phi) is 12.3. The van der Waals surface area contributed by atoms with Crippen molar-refractivity contribution in [2.75, 3.05) is 58.0 Å². The number of anilines is 1. The fourth-order valence-electron chi connectivity index (χ4n) is 3.94. The number of halogens is 3. The van der Waals surface area contributed by atoms with Gasteiger partial charge in [-0.25, -0.2) is 0 Å². The summed E-state index contributed by atoms with van der Waals surface area (Å²) in [6.45, 7) is 2.62. The second-order valence-corrected chi connectivity index (χ2v) is 7.91. The molecule has 2 aliphatic rings. The molecule has 1 aromatic rings. The number of nitrogens with zero attached hydrogens (tertiary/aromatic N) is 2. The molecule has 32 heavy (non-hydrogen) atoms. The van der Waals surface area contributed by atoms with E-state index in [1.165, 1.54) is 0 Å². The number of ether oxygens (including phenoxy) is 3. The van der Waals surface area contributed by atoms with E-state index in [0.29, 0.717) is 18.2 Å². The van der Waals surface area contributed by atoms with E-state index in [-0.39, 0.29) is 35.8 Å². The first-order valence-electron chi connectivity index (χ1n) is 11.1. The molecule has 1 aromatic carbocycles. The third kappa shape index (κ3) is 8.86. The average Bonchev–Trinajstić information content (AvgIpc) is 3.24. The van der Waals surface area contributed by atoms with Crippen LogP contribution < -0.4 is 20.3 Å². The molecule has 2 aliphatic heterocycles. The van der Waals surface area contributed by atoms with E-state index in [1.807, 2.05) is 12.1 Å². The van der Waals surface area contributed by atoms with Crippen molar-refractivity contribution in [3.63, 3.8) is 0 Å². The normalized spacial score (nSPS) is 19.7. The fourth-order valence-corrected chi connectivity index (χ4v) is 3.94. The smallest absolute Gasteiger partial charge is 0.387 e. The van der Waals surface area contributed by atoms with Crippen molar-refractivity contribution in [2.24, 2.45) is 10.9 Å². The molecule has 0 amide bonds. The zero-order valence-corrected chi connectivity index (χ0v) is 20.9. The molecule has 2 N–H and O–H groups in total. The number of rotatable bonds is 10. The summed E-state index contributed by atoms with van der Waals surface area (Å²) in [6, 6.07) is 7.10. The quantitative estimate of drug-likeness (QED) is 0.195. The maximum absolute atomic E-state index is 12.7. The Labute approximate surface area is 206 Å². The van der Waals surface area contributed by atoms with Crippen LogP contribution in [0.5, 0.6) is 5.75 Å². The number of hydrogen-bond donors (Lipinski definition) is 2. The lowest BCUT2D eigenvalue weighted by Gasteiger charge is -2.23. The lowest BCUT2D eigenvalue weighted by molar-refractivity contribution is -0.0495. The van der Waals surface area contributed by atoms with Crippen molar-refractivity contribution in [3.8, 4) is 5.75 Å². The van der Waals surface area contributed by atoms with Crippen molar-refractivity contribution in [3.05, 3.63) is 24.3 Å². The van der Waals surface area contributed by atoms with Crippen molar-refractivity contribution in [1.29, 1.82) is 0 Å². The van der Waals surface area contributed by atoms with Gasteiger partial charge in [-0.3, -0.25) is 4.99 Å². The Morgan fingerprint density at radius 2 is 2.03 bits per heavy atom. The molecular weight excluding hydrogens is 533 g/mol. The molecule has 0 aliphatic carbocycles. The number of benzene rings is 1. The summed E-state index contributed by atoms with van der Waals surface area (Å²) in [6.07, 6.45) is 3.97. The topological polar surface area (TPSA) is 67.4 Å². The number of alkyl halides is 2. The van der Waals surface area contributed by atoms with E-state index in [0.717, 1.165) is 71.2 Å². The maximum atomic E-state index is 12.7. The van der Waals surface area contributed by atoms with E-state index in [2.05, 4.69) is 25.3 Å². The molecule has 0 radical (unpaired) electrons. The van der Waals surface area contributed by atoms with E-state index >= 15 is 0 Å². The van der Waals surface area contributed by atoms with Crippen LogP contribution in [0.25, 0.3) is 0 Å². The van der Waals surface area contributed by atoms with Crippen LogP contribution in [-0.4, -0.2) is 71.7 Å². The van der Waals surface area contributed by atoms with Crippen LogP contribution in [0.15, 0.2) is 29.3 Å². The summed E-state index contributed by atoms with van der Waals surface area (Å²) >= 11 is 0. The van der Waals surface area contributed by atoms with Crippen LogP contribution in [0.4, 0.5) is 14.5 Å².